The summed E-state index contributed by atoms with van der Waals surface area (Å²) < 4.78 is 11.0. The Kier molecular flexibility index (Phi) is 23.6. The number of ether oxygens (including phenoxy) is 2. The number of rotatable bonds is 24. The van der Waals surface area contributed by atoms with Crippen LogP contribution < -0.4 is 5.32 Å². The van der Waals surface area contributed by atoms with Crippen LogP contribution in [-0.4, -0.2) is 50.0 Å². The Labute approximate surface area is 197 Å². The smallest absolute Gasteiger partial charge is 0.305 e. The molecule has 0 saturated carbocycles. The van der Waals surface area contributed by atoms with Gasteiger partial charge in [-0.3, -0.25) is 9.59 Å². The quantitative estimate of drug-likeness (QED) is 0.146. The molecule has 2 N–H and O–H groups in total. The van der Waals surface area contributed by atoms with Crippen LogP contribution in [0, 0.1) is 5.92 Å². The number of hydrogen-bond acceptors (Lipinski definition) is 6. The molecular formula is C26H51NO5. The highest BCUT2D eigenvalue weighted by Gasteiger charge is 2.15. The molecule has 0 aliphatic heterocycles. The van der Waals surface area contributed by atoms with E-state index >= 15 is 0 Å². The van der Waals surface area contributed by atoms with Gasteiger partial charge in [-0.25, -0.2) is 0 Å². The number of aliphatic hydroxyl groups is 1. The number of unbranched alkanes of at least 4 members (excludes halogenated alkanes) is 10. The van der Waals surface area contributed by atoms with E-state index in [4.69, 9.17) is 14.6 Å². The molecule has 0 aromatic heterocycles. The molecule has 1 unspecified atom stereocenters. The van der Waals surface area contributed by atoms with Crippen molar-refractivity contribution >= 4 is 11.9 Å². The van der Waals surface area contributed by atoms with Crippen molar-refractivity contribution in [2.75, 3.05) is 32.9 Å². The van der Waals surface area contributed by atoms with E-state index in [0.29, 0.717) is 32.6 Å². The van der Waals surface area contributed by atoms with Gasteiger partial charge in [0.05, 0.1) is 19.8 Å². The number of hydrogen-bond donors (Lipinski definition) is 2. The van der Waals surface area contributed by atoms with Gasteiger partial charge in [-0.05, 0) is 32.2 Å². The van der Waals surface area contributed by atoms with Crippen LogP contribution in [0.3, 0.4) is 0 Å². The zero-order valence-electron chi connectivity index (χ0n) is 21.0. The molecule has 0 aromatic rings. The van der Waals surface area contributed by atoms with Crippen molar-refractivity contribution in [3.63, 3.8) is 0 Å². The third kappa shape index (κ3) is 22.1. The molecule has 0 rings (SSSR count). The molecule has 0 aromatic carbocycles. The minimum absolute atomic E-state index is 0.0467. The minimum atomic E-state index is -0.144. The van der Waals surface area contributed by atoms with E-state index in [2.05, 4.69) is 19.2 Å². The number of carbonyl (C=O) groups excluding carboxylic acids is 2. The van der Waals surface area contributed by atoms with Gasteiger partial charge < -0.3 is 19.9 Å². The van der Waals surface area contributed by atoms with Crippen molar-refractivity contribution in [3.8, 4) is 0 Å². The average Bonchev–Trinajstić information content (AvgIpc) is 2.79. The molecule has 32 heavy (non-hydrogen) atoms. The fraction of sp³-hybridized carbons (Fsp3) is 0.923. The first-order valence-electron chi connectivity index (χ1n) is 13.3. The van der Waals surface area contributed by atoms with Gasteiger partial charge in [0.1, 0.15) is 0 Å². The number of aliphatic hydroxyl groups excluding tert-OH is 1. The highest BCUT2D eigenvalue weighted by atomic mass is 16.5. The lowest BCUT2D eigenvalue weighted by molar-refractivity contribution is -0.149. The summed E-state index contributed by atoms with van der Waals surface area (Å²) in [5, 5.41) is 12.0. The predicted octanol–water partition coefficient (Wildman–Crippen LogP) is 5.55. The normalized spacial score (nSPS) is 12.0. The van der Waals surface area contributed by atoms with E-state index in [0.717, 1.165) is 51.5 Å². The van der Waals surface area contributed by atoms with Gasteiger partial charge in [0.15, 0.2) is 0 Å². The summed E-state index contributed by atoms with van der Waals surface area (Å²) in [6.07, 6.45) is 16.2. The van der Waals surface area contributed by atoms with Crippen molar-refractivity contribution in [2.24, 2.45) is 5.92 Å². The Morgan fingerprint density at radius 1 is 0.688 bits per heavy atom. The summed E-state index contributed by atoms with van der Waals surface area (Å²) in [4.78, 5) is 24.1. The Bertz CT molecular complexity index is 430. The fourth-order valence-electron chi connectivity index (χ4n) is 3.59. The third-order valence-electron chi connectivity index (χ3n) is 5.68. The molecule has 0 aliphatic carbocycles. The largest absolute Gasteiger partial charge is 0.465 e. The average molecular weight is 458 g/mol. The van der Waals surface area contributed by atoms with Gasteiger partial charge in [-0.15, -0.1) is 0 Å². The molecular weight excluding hydrogens is 406 g/mol. The summed E-state index contributed by atoms with van der Waals surface area (Å²) in [7, 11) is 0. The number of esters is 2. The monoisotopic (exact) mass is 457 g/mol. The van der Waals surface area contributed by atoms with Gasteiger partial charge in [0.25, 0.3) is 0 Å². The van der Waals surface area contributed by atoms with Crippen molar-refractivity contribution < 1.29 is 24.2 Å². The number of carbonyl (C=O) groups is 2. The van der Waals surface area contributed by atoms with Gasteiger partial charge in [-0.1, -0.05) is 78.1 Å². The predicted molar refractivity (Wildman–Crippen MR) is 131 cm³/mol. The van der Waals surface area contributed by atoms with E-state index in [1.807, 2.05) is 0 Å². The summed E-state index contributed by atoms with van der Waals surface area (Å²) in [5.41, 5.74) is 0. The first kappa shape index (κ1) is 30.9. The van der Waals surface area contributed by atoms with Crippen LogP contribution in [0.2, 0.25) is 0 Å². The lowest BCUT2D eigenvalue weighted by Gasteiger charge is -2.17. The summed E-state index contributed by atoms with van der Waals surface area (Å²) in [6, 6.07) is 0. The van der Waals surface area contributed by atoms with Crippen molar-refractivity contribution in [1.29, 1.82) is 0 Å². The van der Waals surface area contributed by atoms with Crippen LogP contribution in [0.1, 0.15) is 117 Å². The molecule has 6 nitrogen and oxygen atoms in total. The van der Waals surface area contributed by atoms with E-state index in [-0.39, 0.29) is 24.5 Å². The number of nitrogens with one attached hydrogen (secondary N) is 1. The lowest BCUT2D eigenvalue weighted by Crippen LogP contribution is -2.22. The maximum Gasteiger partial charge on any atom is 0.305 e. The van der Waals surface area contributed by atoms with Crippen LogP contribution in [0.25, 0.3) is 0 Å². The van der Waals surface area contributed by atoms with Gasteiger partial charge in [0.2, 0.25) is 0 Å². The van der Waals surface area contributed by atoms with Gasteiger partial charge >= 0.3 is 11.9 Å². The minimum Gasteiger partial charge on any atom is -0.465 e. The van der Waals surface area contributed by atoms with Crippen molar-refractivity contribution in [2.45, 2.75) is 117 Å². The molecule has 0 fully saturated rings. The van der Waals surface area contributed by atoms with Crippen LogP contribution in [-0.2, 0) is 19.1 Å². The van der Waals surface area contributed by atoms with E-state index in [1.165, 1.54) is 44.9 Å². The SMILES string of the molecule is CCCCCCCCC(=O)OCC(CCCCNCCO)COC(=O)CCCCCCC. The fourth-order valence-corrected chi connectivity index (χ4v) is 3.59. The second-order valence-corrected chi connectivity index (χ2v) is 8.88. The Morgan fingerprint density at radius 3 is 1.69 bits per heavy atom. The maximum atomic E-state index is 12.1. The molecule has 0 amide bonds. The zero-order valence-corrected chi connectivity index (χ0v) is 21.0. The van der Waals surface area contributed by atoms with E-state index < -0.39 is 0 Å². The topological polar surface area (TPSA) is 84.9 Å². The molecule has 1 atom stereocenters. The van der Waals surface area contributed by atoms with Crippen molar-refractivity contribution in [3.05, 3.63) is 0 Å². The third-order valence-corrected chi connectivity index (χ3v) is 5.68. The molecule has 0 radical (unpaired) electrons. The first-order chi connectivity index (χ1) is 15.6. The van der Waals surface area contributed by atoms with E-state index in [1.54, 1.807) is 0 Å². The van der Waals surface area contributed by atoms with Gasteiger partial charge in [0, 0.05) is 25.3 Å². The van der Waals surface area contributed by atoms with Crippen molar-refractivity contribution in [1.82, 2.24) is 5.32 Å². The standard InChI is InChI=1S/C26H51NO5/c1-3-5-7-9-11-13-18-26(30)32-23-24(16-14-15-19-27-20-21-28)22-31-25(29)17-12-10-8-6-4-2/h24,27-28H,3-23H2,1-2H3. The highest BCUT2D eigenvalue weighted by molar-refractivity contribution is 5.69. The van der Waals surface area contributed by atoms with Crippen LogP contribution >= 0.6 is 0 Å². The molecule has 0 bridgehead atoms. The Hall–Kier alpha value is -1.14. The van der Waals surface area contributed by atoms with Gasteiger partial charge in [-0.2, -0.15) is 0 Å². The first-order valence-corrected chi connectivity index (χ1v) is 13.3. The highest BCUT2D eigenvalue weighted by Crippen LogP contribution is 2.13. The maximum absolute atomic E-state index is 12.1. The molecule has 190 valence electrons. The summed E-state index contributed by atoms with van der Waals surface area (Å²) >= 11 is 0. The lowest BCUT2D eigenvalue weighted by atomic mass is 10.0. The second kappa shape index (κ2) is 24.5. The van der Waals surface area contributed by atoms with Crippen LogP contribution in [0.5, 0.6) is 0 Å². The van der Waals surface area contributed by atoms with Crippen LogP contribution in [0.15, 0.2) is 0 Å². The second-order valence-electron chi connectivity index (χ2n) is 8.88. The zero-order chi connectivity index (χ0) is 23.7. The van der Waals surface area contributed by atoms with Crippen LogP contribution in [0.4, 0.5) is 0 Å². The summed E-state index contributed by atoms with van der Waals surface area (Å²) in [6.45, 7) is 6.62. The molecule has 6 heteroatoms. The Morgan fingerprint density at radius 2 is 1.19 bits per heavy atom. The molecule has 0 spiro atoms. The molecule has 0 heterocycles. The molecule has 0 saturated heterocycles. The summed E-state index contributed by atoms with van der Waals surface area (Å²) in [5.74, 6) is -0.239. The molecule has 0 aliphatic rings. The Balaban J connectivity index is 4.15. The van der Waals surface area contributed by atoms with E-state index in [9.17, 15) is 9.59 Å².